The number of hydrogen-bond donors (Lipinski definition) is 0. The first-order chi connectivity index (χ1) is 9.39. The average Bonchev–Trinajstić information content (AvgIpc) is 2.46. The number of rotatable bonds is 3. The first kappa shape index (κ1) is 14.8. The molecule has 0 bridgehead atoms. The number of benzene rings is 1. The summed E-state index contributed by atoms with van der Waals surface area (Å²) in [5, 5.41) is 0. The van der Waals surface area contributed by atoms with Gasteiger partial charge in [0.15, 0.2) is 0 Å². The molecule has 1 aromatic carbocycles. The fourth-order valence-electron chi connectivity index (χ4n) is 2.31. The molecule has 110 valence electrons. The highest BCUT2D eigenvalue weighted by molar-refractivity contribution is 7.92. The van der Waals surface area contributed by atoms with Gasteiger partial charge in [-0.15, -0.1) is 0 Å². The van der Waals surface area contributed by atoms with E-state index >= 15 is 0 Å². The van der Waals surface area contributed by atoms with Crippen molar-refractivity contribution in [1.29, 1.82) is 0 Å². The monoisotopic (exact) mass is 296 g/mol. The topological polar surface area (TPSA) is 57.7 Å². The molecule has 1 heterocycles. The minimum absolute atomic E-state index is 0.0200. The average molecular weight is 296 g/mol. The van der Waals surface area contributed by atoms with Gasteiger partial charge in [-0.25, -0.2) is 8.42 Å². The quantitative estimate of drug-likeness (QED) is 0.853. The molecule has 6 heteroatoms. The van der Waals surface area contributed by atoms with Crippen molar-refractivity contribution in [3.63, 3.8) is 0 Å². The maximum absolute atomic E-state index is 12.4. The summed E-state index contributed by atoms with van der Waals surface area (Å²) < 4.78 is 24.3. The molecule has 0 radical (unpaired) electrons. The van der Waals surface area contributed by atoms with Gasteiger partial charge in [0.05, 0.1) is 11.9 Å². The van der Waals surface area contributed by atoms with E-state index in [0.29, 0.717) is 11.3 Å². The molecule has 0 aliphatic carbocycles. The Morgan fingerprint density at radius 3 is 2.45 bits per heavy atom. The first-order valence-corrected chi connectivity index (χ1v) is 8.57. The minimum atomic E-state index is -3.31. The van der Waals surface area contributed by atoms with Gasteiger partial charge < -0.3 is 4.90 Å². The van der Waals surface area contributed by atoms with Gasteiger partial charge >= 0.3 is 0 Å². The Labute approximate surface area is 120 Å². The molecule has 1 aromatic rings. The number of amides is 1. The lowest BCUT2D eigenvalue weighted by atomic mass is 10.1. The third kappa shape index (κ3) is 3.30. The smallest absolute Gasteiger partial charge is 0.253 e. The molecule has 0 unspecified atom stereocenters. The number of likely N-dealkylation sites (tertiary alicyclic amines) is 1. The van der Waals surface area contributed by atoms with Crippen LogP contribution in [0.4, 0.5) is 5.69 Å². The van der Waals surface area contributed by atoms with E-state index < -0.39 is 10.0 Å². The van der Waals surface area contributed by atoms with Crippen molar-refractivity contribution in [3.8, 4) is 0 Å². The van der Waals surface area contributed by atoms with E-state index in [4.69, 9.17) is 0 Å². The molecular weight excluding hydrogens is 276 g/mol. The van der Waals surface area contributed by atoms with Gasteiger partial charge in [-0.05, 0) is 37.5 Å². The maximum atomic E-state index is 12.4. The number of hydrogen-bond acceptors (Lipinski definition) is 3. The zero-order chi connectivity index (χ0) is 14.8. The van der Waals surface area contributed by atoms with Crippen molar-refractivity contribution < 1.29 is 13.2 Å². The van der Waals surface area contributed by atoms with Gasteiger partial charge in [0.1, 0.15) is 0 Å². The number of anilines is 1. The summed E-state index contributed by atoms with van der Waals surface area (Å²) in [6, 6.07) is 6.77. The fourth-order valence-corrected chi connectivity index (χ4v) is 2.80. The van der Waals surface area contributed by atoms with E-state index in [1.165, 1.54) is 17.8 Å². The van der Waals surface area contributed by atoms with E-state index in [-0.39, 0.29) is 5.91 Å². The van der Waals surface area contributed by atoms with Crippen LogP contribution in [0.15, 0.2) is 24.3 Å². The predicted octanol–water partition coefficient (Wildman–Crippen LogP) is 1.71. The summed E-state index contributed by atoms with van der Waals surface area (Å²) >= 11 is 0. The normalized spacial score (nSPS) is 16.0. The fraction of sp³-hybridized carbons (Fsp3) is 0.500. The van der Waals surface area contributed by atoms with Crippen LogP contribution in [0.3, 0.4) is 0 Å². The molecule has 0 N–H and O–H groups in total. The van der Waals surface area contributed by atoms with E-state index in [1.54, 1.807) is 24.3 Å². The van der Waals surface area contributed by atoms with Crippen LogP contribution in [0.5, 0.6) is 0 Å². The van der Waals surface area contributed by atoms with Crippen molar-refractivity contribution in [3.05, 3.63) is 29.8 Å². The largest absolute Gasteiger partial charge is 0.339 e. The van der Waals surface area contributed by atoms with Crippen LogP contribution in [0.25, 0.3) is 0 Å². The Bertz CT molecular complexity index is 592. The molecule has 1 amide bonds. The number of carbonyl (C=O) groups excluding carboxylic acids is 1. The second-order valence-electron chi connectivity index (χ2n) is 5.13. The molecule has 1 fully saturated rings. The lowest BCUT2D eigenvalue weighted by Gasteiger charge is -2.27. The van der Waals surface area contributed by atoms with Crippen molar-refractivity contribution >= 4 is 21.6 Å². The predicted molar refractivity (Wildman–Crippen MR) is 79.4 cm³/mol. The van der Waals surface area contributed by atoms with Crippen LogP contribution >= 0.6 is 0 Å². The zero-order valence-corrected chi connectivity index (χ0v) is 12.7. The Balaban J connectivity index is 2.23. The Morgan fingerprint density at radius 2 is 1.85 bits per heavy atom. The standard InChI is InChI=1S/C14H20N2O3S/c1-15(20(2,18)19)13-8-6-7-12(11-13)14(17)16-9-4-3-5-10-16/h6-8,11H,3-5,9-10H2,1-2H3. The Morgan fingerprint density at radius 1 is 1.20 bits per heavy atom. The van der Waals surface area contributed by atoms with Gasteiger partial charge in [0.25, 0.3) is 5.91 Å². The van der Waals surface area contributed by atoms with Gasteiger partial charge in [0.2, 0.25) is 10.0 Å². The van der Waals surface area contributed by atoms with Crippen LogP contribution in [0.2, 0.25) is 0 Å². The summed E-state index contributed by atoms with van der Waals surface area (Å²) in [7, 11) is -1.83. The number of nitrogens with zero attached hydrogens (tertiary/aromatic N) is 2. The lowest BCUT2D eigenvalue weighted by Crippen LogP contribution is -2.35. The number of sulfonamides is 1. The molecular formula is C14H20N2O3S. The highest BCUT2D eigenvalue weighted by Gasteiger charge is 2.19. The second kappa shape index (κ2) is 5.83. The summed E-state index contributed by atoms with van der Waals surface area (Å²) in [5.74, 6) is -0.0200. The number of carbonyl (C=O) groups is 1. The second-order valence-corrected chi connectivity index (χ2v) is 7.15. The molecule has 0 aromatic heterocycles. The molecule has 5 nitrogen and oxygen atoms in total. The van der Waals surface area contributed by atoms with Crippen molar-refractivity contribution in [1.82, 2.24) is 4.90 Å². The lowest BCUT2D eigenvalue weighted by molar-refractivity contribution is 0.0724. The van der Waals surface area contributed by atoms with Crippen LogP contribution in [0.1, 0.15) is 29.6 Å². The van der Waals surface area contributed by atoms with Crippen molar-refractivity contribution in [2.24, 2.45) is 0 Å². The molecule has 1 saturated heterocycles. The van der Waals surface area contributed by atoms with Crippen molar-refractivity contribution in [2.75, 3.05) is 30.7 Å². The van der Waals surface area contributed by atoms with Crippen molar-refractivity contribution in [2.45, 2.75) is 19.3 Å². The zero-order valence-electron chi connectivity index (χ0n) is 11.9. The van der Waals surface area contributed by atoms with E-state index in [2.05, 4.69) is 0 Å². The Kier molecular flexibility index (Phi) is 4.32. The van der Waals surface area contributed by atoms with Gasteiger partial charge in [-0.3, -0.25) is 9.10 Å². The van der Waals surface area contributed by atoms with E-state index in [0.717, 1.165) is 32.2 Å². The molecule has 20 heavy (non-hydrogen) atoms. The van der Waals surface area contributed by atoms with Crippen LogP contribution in [-0.4, -0.2) is 45.6 Å². The molecule has 2 rings (SSSR count). The summed E-state index contributed by atoms with van der Waals surface area (Å²) in [6.07, 6.45) is 4.39. The van der Waals surface area contributed by atoms with E-state index in [9.17, 15) is 13.2 Å². The summed E-state index contributed by atoms with van der Waals surface area (Å²) in [5.41, 5.74) is 1.05. The van der Waals surface area contributed by atoms with Crippen LogP contribution in [-0.2, 0) is 10.0 Å². The number of piperidine rings is 1. The highest BCUT2D eigenvalue weighted by atomic mass is 32.2. The molecule has 0 spiro atoms. The first-order valence-electron chi connectivity index (χ1n) is 6.73. The third-order valence-electron chi connectivity index (χ3n) is 3.60. The highest BCUT2D eigenvalue weighted by Crippen LogP contribution is 2.19. The molecule has 0 atom stereocenters. The van der Waals surface area contributed by atoms with Gasteiger partial charge in [0, 0.05) is 25.7 Å². The van der Waals surface area contributed by atoms with E-state index in [1.807, 2.05) is 4.90 Å². The SMILES string of the molecule is CN(c1cccc(C(=O)N2CCCCC2)c1)S(C)(=O)=O. The molecule has 0 saturated carbocycles. The molecule has 1 aliphatic rings. The summed E-state index contributed by atoms with van der Waals surface area (Å²) in [6.45, 7) is 1.57. The summed E-state index contributed by atoms with van der Waals surface area (Å²) in [4.78, 5) is 14.2. The molecule has 1 aliphatic heterocycles. The van der Waals surface area contributed by atoms with Gasteiger partial charge in [-0.1, -0.05) is 6.07 Å². The van der Waals surface area contributed by atoms with Gasteiger partial charge in [-0.2, -0.15) is 0 Å². The van der Waals surface area contributed by atoms with Crippen LogP contribution in [0, 0.1) is 0 Å². The Hall–Kier alpha value is -1.56. The van der Waals surface area contributed by atoms with Crippen LogP contribution < -0.4 is 4.31 Å². The maximum Gasteiger partial charge on any atom is 0.253 e. The minimum Gasteiger partial charge on any atom is -0.339 e. The third-order valence-corrected chi connectivity index (χ3v) is 4.80.